The van der Waals surface area contributed by atoms with Crippen LogP contribution in [-0.2, 0) is 11.2 Å². The van der Waals surface area contributed by atoms with Crippen LogP contribution in [-0.4, -0.2) is 17.8 Å². The summed E-state index contributed by atoms with van der Waals surface area (Å²) in [6, 6.07) is 8.36. The van der Waals surface area contributed by atoms with Gasteiger partial charge in [0.15, 0.2) is 0 Å². The largest absolute Gasteiger partial charge is 0.386 e. The van der Waals surface area contributed by atoms with Gasteiger partial charge in [0.25, 0.3) is 0 Å². The lowest BCUT2D eigenvalue weighted by Gasteiger charge is -2.21. The van der Waals surface area contributed by atoms with Gasteiger partial charge in [0.1, 0.15) is 6.10 Å². The summed E-state index contributed by atoms with van der Waals surface area (Å²) in [7, 11) is 0. The Labute approximate surface area is 110 Å². The summed E-state index contributed by atoms with van der Waals surface area (Å²) in [5.74, 6) is 0.444. The van der Waals surface area contributed by atoms with Crippen LogP contribution < -0.4 is 0 Å². The first-order valence-corrected chi connectivity index (χ1v) is 7.11. The first-order chi connectivity index (χ1) is 8.72. The lowest BCUT2D eigenvalue weighted by atomic mass is 9.94. The molecule has 2 heteroatoms. The zero-order valence-electron chi connectivity index (χ0n) is 11.4. The number of hydrogen-bond donors (Lipinski definition) is 1. The molecule has 0 radical (unpaired) electrons. The van der Waals surface area contributed by atoms with Crippen molar-refractivity contribution in [1.29, 1.82) is 0 Å². The van der Waals surface area contributed by atoms with E-state index >= 15 is 0 Å². The number of unbranched alkanes of at least 4 members (excludes halogenated alkanes) is 1. The SMILES string of the molecule is CCCCc1ccc(C(O)C2OCCC2C)cc1. The molecule has 2 rings (SSSR count). The summed E-state index contributed by atoms with van der Waals surface area (Å²) in [5, 5.41) is 10.3. The molecule has 1 aliphatic heterocycles. The van der Waals surface area contributed by atoms with Crippen LogP contribution in [0.5, 0.6) is 0 Å². The molecular formula is C16H24O2. The van der Waals surface area contributed by atoms with Gasteiger partial charge >= 0.3 is 0 Å². The number of aryl methyl sites for hydroxylation is 1. The number of ether oxygens (including phenoxy) is 1. The number of rotatable bonds is 5. The predicted octanol–water partition coefficient (Wildman–Crippen LogP) is 3.49. The second kappa shape index (κ2) is 6.35. The fourth-order valence-corrected chi connectivity index (χ4v) is 2.57. The summed E-state index contributed by atoms with van der Waals surface area (Å²) in [6.07, 6.45) is 4.11. The molecule has 0 bridgehead atoms. The molecule has 100 valence electrons. The minimum absolute atomic E-state index is 0.0357. The first kappa shape index (κ1) is 13.6. The van der Waals surface area contributed by atoms with Gasteiger partial charge in [-0.1, -0.05) is 44.5 Å². The van der Waals surface area contributed by atoms with Crippen LogP contribution in [0.25, 0.3) is 0 Å². The summed E-state index contributed by atoms with van der Waals surface area (Å²) < 4.78 is 5.63. The second-order valence-electron chi connectivity index (χ2n) is 5.39. The van der Waals surface area contributed by atoms with Gasteiger partial charge in [-0.3, -0.25) is 0 Å². The van der Waals surface area contributed by atoms with E-state index in [1.165, 1.54) is 18.4 Å². The smallest absolute Gasteiger partial charge is 0.105 e. The lowest BCUT2D eigenvalue weighted by molar-refractivity contribution is -0.0178. The highest BCUT2D eigenvalue weighted by Gasteiger charge is 2.31. The molecule has 18 heavy (non-hydrogen) atoms. The van der Waals surface area contributed by atoms with Gasteiger partial charge in [-0.15, -0.1) is 0 Å². The second-order valence-corrected chi connectivity index (χ2v) is 5.39. The van der Waals surface area contributed by atoms with Crippen molar-refractivity contribution in [2.24, 2.45) is 5.92 Å². The molecule has 3 atom stereocenters. The zero-order chi connectivity index (χ0) is 13.0. The molecule has 1 aromatic rings. The van der Waals surface area contributed by atoms with Gasteiger partial charge in [-0.2, -0.15) is 0 Å². The quantitative estimate of drug-likeness (QED) is 0.864. The zero-order valence-corrected chi connectivity index (χ0v) is 11.4. The maximum atomic E-state index is 10.3. The van der Waals surface area contributed by atoms with E-state index in [2.05, 4.69) is 26.0 Å². The molecular weight excluding hydrogens is 224 g/mol. The standard InChI is InChI=1S/C16H24O2/c1-3-4-5-13-6-8-14(9-7-13)15(17)16-12(2)10-11-18-16/h6-9,12,15-17H,3-5,10-11H2,1-2H3. The van der Waals surface area contributed by atoms with Crippen LogP contribution in [0.3, 0.4) is 0 Å². The highest BCUT2D eigenvalue weighted by Crippen LogP contribution is 2.31. The van der Waals surface area contributed by atoms with Crippen molar-refractivity contribution >= 4 is 0 Å². The fraction of sp³-hybridized carbons (Fsp3) is 0.625. The van der Waals surface area contributed by atoms with Crippen molar-refractivity contribution in [2.75, 3.05) is 6.61 Å². The lowest BCUT2D eigenvalue weighted by Crippen LogP contribution is -2.22. The van der Waals surface area contributed by atoms with E-state index in [1.54, 1.807) is 0 Å². The third-order valence-corrected chi connectivity index (χ3v) is 3.90. The van der Waals surface area contributed by atoms with Gasteiger partial charge in [-0.05, 0) is 36.3 Å². The first-order valence-electron chi connectivity index (χ1n) is 7.11. The molecule has 0 aromatic heterocycles. The Morgan fingerprint density at radius 1 is 1.33 bits per heavy atom. The predicted molar refractivity (Wildman–Crippen MR) is 73.5 cm³/mol. The van der Waals surface area contributed by atoms with Gasteiger partial charge in [-0.25, -0.2) is 0 Å². The molecule has 0 aliphatic carbocycles. The van der Waals surface area contributed by atoms with Gasteiger partial charge in [0.2, 0.25) is 0 Å². The Hall–Kier alpha value is -0.860. The summed E-state index contributed by atoms with van der Waals surface area (Å²) in [4.78, 5) is 0. The average Bonchev–Trinajstić information content (AvgIpc) is 2.82. The molecule has 1 heterocycles. The van der Waals surface area contributed by atoms with Crippen LogP contribution in [0, 0.1) is 5.92 Å². The topological polar surface area (TPSA) is 29.5 Å². The Balaban J connectivity index is 2.00. The Kier molecular flexibility index (Phi) is 4.79. The highest BCUT2D eigenvalue weighted by molar-refractivity contribution is 5.25. The van der Waals surface area contributed by atoms with E-state index in [9.17, 15) is 5.11 Å². The number of benzene rings is 1. The minimum atomic E-state index is -0.484. The van der Waals surface area contributed by atoms with Gasteiger partial charge in [0.05, 0.1) is 6.10 Å². The third kappa shape index (κ3) is 3.12. The normalized spacial score (nSPS) is 25.3. The molecule has 2 nitrogen and oxygen atoms in total. The van der Waals surface area contributed by atoms with Crippen molar-refractivity contribution in [3.05, 3.63) is 35.4 Å². The van der Waals surface area contributed by atoms with E-state index in [1.807, 2.05) is 12.1 Å². The monoisotopic (exact) mass is 248 g/mol. The molecule has 1 N–H and O–H groups in total. The van der Waals surface area contributed by atoms with E-state index in [0.29, 0.717) is 5.92 Å². The number of hydrogen-bond acceptors (Lipinski definition) is 2. The van der Waals surface area contributed by atoms with Crippen molar-refractivity contribution in [3.63, 3.8) is 0 Å². The molecule has 1 saturated heterocycles. The van der Waals surface area contributed by atoms with Crippen molar-refractivity contribution in [1.82, 2.24) is 0 Å². The molecule has 0 saturated carbocycles. The van der Waals surface area contributed by atoms with Crippen LogP contribution >= 0.6 is 0 Å². The number of aliphatic hydroxyl groups is 1. The summed E-state index contributed by atoms with van der Waals surface area (Å²) >= 11 is 0. The van der Waals surface area contributed by atoms with Crippen molar-refractivity contribution < 1.29 is 9.84 Å². The third-order valence-electron chi connectivity index (χ3n) is 3.90. The van der Waals surface area contributed by atoms with Gasteiger partial charge in [0, 0.05) is 6.61 Å². The highest BCUT2D eigenvalue weighted by atomic mass is 16.5. The van der Waals surface area contributed by atoms with E-state index in [0.717, 1.165) is 25.0 Å². The molecule has 1 fully saturated rings. The molecule has 3 unspecified atom stereocenters. The summed E-state index contributed by atoms with van der Waals surface area (Å²) in [6.45, 7) is 5.13. The van der Waals surface area contributed by atoms with E-state index in [-0.39, 0.29) is 6.10 Å². The summed E-state index contributed by atoms with van der Waals surface area (Å²) in [5.41, 5.74) is 2.34. The van der Waals surface area contributed by atoms with Crippen molar-refractivity contribution in [2.45, 2.75) is 51.7 Å². The van der Waals surface area contributed by atoms with Crippen LogP contribution in [0.1, 0.15) is 50.3 Å². The van der Waals surface area contributed by atoms with Crippen LogP contribution in [0.2, 0.25) is 0 Å². The van der Waals surface area contributed by atoms with E-state index < -0.39 is 6.10 Å². The molecule has 1 aromatic carbocycles. The number of aliphatic hydroxyl groups excluding tert-OH is 1. The molecule has 1 aliphatic rings. The Morgan fingerprint density at radius 3 is 2.61 bits per heavy atom. The fourth-order valence-electron chi connectivity index (χ4n) is 2.57. The minimum Gasteiger partial charge on any atom is -0.386 e. The maximum absolute atomic E-state index is 10.3. The van der Waals surface area contributed by atoms with E-state index in [4.69, 9.17) is 4.74 Å². The van der Waals surface area contributed by atoms with Crippen molar-refractivity contribution in [3.8, 4) is 0 Å². The average molecular weight is 248 g/mol. The van der Waals surface area contributed by atoms with Crippen LogP contribution in [0.4, 0.5) is 0 Å². The maximum Gasteiger partial charge on any atom is 0.105 e. The van der Waals surface area contributed by atoms with Crippen LogP contribution in [0.15, 0.2) is 24.3 Å². The Bertz CT molecular complexity index is 358. The van der Waals surface area contributed by atoms with Gasteiger partial charge < -0.3 is 9.84 Å². The molecule has 0 spiro atoms. The molecule has 0 amide bonds. The Morgan fingerprint density at radius 2 is 2.06 bits per heavy atom.